The predicted octanol–water partition coefficient (Wildman–Crippen LogP) is -0.775. The lowest BCUT2D eigenvalue weighted by Gasteiger charge is -1.95. The molecule has 14 heavy (non-hydrogen) atoms. The van der Waals surface area contributed by atoms with Crippen LogP contribution in [-0.2, 0) is 0 Å². The third-order valence-corrected chi connectivity index (χ3v) is 1.21. The minimum absolute atomic E-state index is 0.0810. The molecule has 6 nitrogen and oxygen atoms in total. The molecular weight excluding hydrogens is 188 g/mol. The molecule has 1 atom stereocenters. The quantitative estimate of drug-likeness (QED) is 0.503. The molecular formula is C8H14N2O4. The van der Waals surface area contributed by atoms with Crippen LogP contribution < -0.4 is 5.56 Å². The SMILES string of the molecule is CC(O)CCO.O=c1cc(O)nc[nH]1. The number of aliphatic hydroxyl groups excluding tert-OH is 2. The van der Waals surface area contributed by atoms with Crippen LogP contribution in [0.2, 0.25) is 0 Å². The van der Waals surface area contributed by atoms with Gasteiger partial charge < -0.3 is 20.3 Å². The van der Waals surface area contributed by atoms with Crippen molar-refractivity contribution in [2.75, 3.05) is 6.61 Å². The van der Waals surface area contributed by atoms with Gasteiger partial charge in [0.25, 0.3) is 5.56 Å². The molecule has 1 unspecified atom stereocenters. The number of aliphatic hydroxyl groups is 2. The Bertz CT molecular complexity index is 297. The number of aromatic nitrogens is 2. The maximum atomic E-state index is 10.2. The summed E-state index contributed by atoms with van der Waals surface area (Å²) in [6.07, 6.45) is 1.27. The number of aromatic amines is 1. The first-order valence-electron chi connectivity index (χ1n) is 4.09. The van der Waals surface area contributed by atoms with Crippen molar-refractivity contribution >= 4 is 0 Å². The average molecular weight is 202 g/mol. The van der Waals surface area contributed by atoms with Gasteiger partial charge in [0.05, 0.1) is 18.5 Å². The van der Waals surface area contributed by atoms with Crippen LogP contribution in [0.5, 0.6) is 5.88 Å². The first-order chi connectivity index (χ1) is 6.56. The Morgan fingerprint density at radius 2 is 2.29 bits per heavy atom. The Morgan fingerprint density at radius 3 is 2.50 bits per heavy atom. The van der Waals surface area contributed by atoms with Gasteiger partial charge in [0, 0.05) is 6.61 Å². The molecule has 0 aliphatic rings. The summed E-state index contributed by atoms with van der Waals surface area (Å²) in [4.78, 5) is 15.8. The van der Waals surface area contributed by atoms with E-state index in [-0.39, 0.29) is 24.2 Å². The average Bonchev–Trinajstić information content (AvgIpc) is 2.03. The molecule has 0 radical (unpaired) electrons. The van der Waals surface area contributed by atoms with Crippen molar-refractivity contribution in [3.63, 3.8) is 0 Å². The lowest BCUT2D eigenvalue weighted by Crippen LogP contribution is -2.01. The van der Waals surface area contributed by atoms with E-state index in [9.17, 15) is 4.79 Å². The molecule has 1 rings (SSSR count). The summed E-state index contributed by atoms with van der Waals surface area (Å²) in [5, 5.41) is 25.0. The van der Waals surface area contributed by atoms with Crippen molar-refractivity contribution in [3.05, 3.63) is 22.7 Å². The van der Waals surface area contributed by atoms with Gasteiger partial charge in [-0.05, 0) is 13.3 Å². The van der Waals surface area contributed by atoms with Crippen LogP contribution in [0.25, 0.3) is 0 Å². The van der Waals surface area contributed by atoms with Crippen LogP contribution >= 0.6 is 0 Å². The van der Waals surface area contributed by atoms with E-state index < -0.39 is 0 Å². The van der Waals surface area contributed by atoms with Crippen molar-refractivity contribution < 1.29 is 15.3 Å². The molecule has 1 heterocycles. The highest BCUT2D eigenvalue weighted by atomic mass is 16.3. The fourth-order valence-corrected chi connectivity index (χ4v) is 0.545. The second kappa shape index (κ2) is 7.05. The summed E-state index contributed by atoms with van der Waals surface area (Å²) in [7, 11) is 0. The van der Waals surface area contributed by atoms with Gasteiger partial charge in [0.1, 0.15) is 0 Å². The molecule has 1 aromatic heterocycles. The third-order valence-electron chi connectivity index (χ3n) is 1.21. The molecule has 6 heteroatoms. The second-order valence-electron chi connectivity index (χ2n) is 2.63. The second-order valence-corrected chi connectivity index (χ2v) is 2.63. The molecule has 0 saturated carbocycles. The zero-order valence-corrected chi connectivity index (χ0v) is 7.84. The van der Waals surface area contributed by atoms with E-state index in [1.165, 1.54) is 0 Å². The zero-order chi connectivity index (χ0) is 11.0. The van der Waals surface area contributed by atoms with Crippen molar-refractivity contribution in [2.24, 2.45) is 0 Å². The zero-order valence-electron chi connectivity index (χ0n) is 7.84. The van der Waals surface area contributed by atoms with Crippen molar-refractivity contribution in [3.8, 4) is 5.88 Å². The number of rotatable bonds is 2. The normalized spacial score (nSPS) is 11.4. The van der Waals surface area contributed by atoms with Crippen LogP contribution in [0.3, 0.4) is 0 Å². The first-order valence-corrected chi connectivity index (χ1v) is 4.09. The van der Waals surface area contributed by atoms with Crippen LogP contribution in [0, 0.1) is 0 Å². The topological polar surface area (TPSA) is 106 Å². The highest BCUT2D eigenvalue weighted by Gasteiger charge is 1.88. The molecule has 80 valence electrons. The molecule has 0 amide bonds. The van der Waals surface area contributed by atoms with Crippen LogP contribution in [-0.4, -0.2) is 38.0 Å². The highest BCUT2D eigenvalue weighted by molar-refractivity contribution is 5.01. The smallest absolute Gasteiger partial charge is 0.254 e. The number of nitrogens with one attached hydrogen (secondary N) is 1. The van der Waals surface area contributed by atoms with Gasteiger partial charge in [0.15, 0.2) is 0 Å². The number of H-pyrrole nitrogens is 1. The number of hydrogen-bond acceptors (Lipinski definition) is 5. The Hall–Kier alpha value is -1.40. The van der Waals surface area contributed by atoms with Gasteiger partial charge >= 0.3 is 0 Å². The van der Waals surface area contributed by atoms with E-state index in [0.29, 0.717) is 6.42 Å². The maximum absolute atomic E-state index is 10.2. The van der Waals surface area contributed by atoms with E-state index in [2.05, 4.69) is 9.97 Å². The van der Waals surface area contributed by atoms with E-state index in [4.69, 9.17) is 15.3 Å². The first kappa shape index (κ1) is 12.6. The minimum atomic E-state index is -0.352. The summed E-state index contributed by atoms with van der Waals surface area (Å²) in [6, 6.07) is 1.00. The maximum Gasteiger partial charge on any atom is 0.254 e. The van der Waals surface area contributed by atoms with E-state index in [1.807, 2.05) is 0 Å². The monoisotopic (exact) mass is 202 g/mol. The molecule has 0 aliphatic carbocycles. The standard InChI is InChI=1S/C4H4N2O2.C4H10O2/c7-3-1-4(8)6-2-5-3;1-4(6)2-3-5/h1-2H,(H2,5,6,7,8);4-6H,2-3H2,1H3. The molecule has 0 spiro atoms. The van der Waals surface area contributed by atoms with Crippen LogP contribution in [0.15, 0.2) is 17.2 Å². The third kappa shape index (κ3) is 7.26. The molecule has 0 aliphatic heterocycles. The molecule has 0 fully saturated rings. The van der Waals surface area contributed by atoms with Crippen molar-refractivity contribution in [2.45, 2.75) is 19.4 Å². The summed E-state index contributed by atoms with van der Waals surface area (Å²) < 4.78 is 0. The number of nitrogens with zero attached hydrogens (tertiary/aromatic N) is 1. The van der Waals surface area contributed by atoms with Gasteiger partial charge in [0.2, 0.25) is 5.88 Å². The van der Waals surface area contributed by atoms with Gasteiger partial charge in [-0.15, -0.1) is 0 Å². The molecule has 0 saturated heterocycles. The lowest BCUT2D eigenvalue weighted by atomic mass is 10.3. The minimum Gasteiger partial charge on any atom is -0.493 e. The summed E-state index contributed by atoms with van der Waals surface area (Å²) >= 11 is 0. The van der Waals surface area contributed by atoms with Crippen molar-refractivity contribution in [1.29, 1.82) is 0 Å². The van der Waals surface area contributed by atoms with Crippen LogP contribution in [0.4, 0.5) is 0 Å². The summed E-state index contributed by atoms with van der Waals surface area (Å²) in [5.41, 5.74) is -0.350. The van der Waals surface area contributed by atoms with E-state index in [0.717, 1.165) is 12.4 Å². The largest absolute Gasteiger partial charge is 0.493 e. The number of aromatic hydroxyl groups is 1. The summed E-state index contributed by atoms with van der Waals surface area (Å²) in [6.45, 7) is 1.73. The lowest BCUT2D eigenvalue weighted by molar-refractivity contribution is 0.148. The highest BCUT2D eigenvalue weighted by Crippen LogP contribution is 1.90. The number of hydrogen-bond donors (Lipinski definition) is 4. The summed E-state index contributed by atoms with van der Waals surface area (Å²) in [5.74, 6) is -0.256. The Kier molecular flexibility index (Phi) is 6.34. The fraction of sp³-hybridized carbons (Fsp3) is 0.500. The van der Waals surface area contributed by atoms with Gasteiger partial charge in [-0.25, -0.2) is 4.98 Å². The van der Waals surface area contributed by atoms with Gasteiger partial charge in [-0.3, -0.25) is 4.79 Å². The molecule has 1 aromatic rings. The van der Waals surface area contributed by atoms with E-state index >= 15 is 0 Å². The van der Waals surface area contributed by atoms with Crippen molar-refractivity contribution in [1.82, 2.24) is 9.97 Å². The fourth-order valence-electron chi connectivity index (χ4n) is 0.545. The molecule has 0 aromatic carbocycles. The van der Waals surface area contributed by atoms with Gasteiger partial charge in [-0.2, -0.15) is 0 Å². The molecule has 4 N–H and O–H groups in total. The Balaban J connectivity index is 0.000000255. The predicted molar refractivity (Wildman–Crippen MR) is 49.9 cm³/mol. The van der Waals surface area contributed by atoms with Crippen LogP contribution in [0.1, 0.15) is 13.3 Å². The molecule has 0 bridgehead atoms. The Labute approximate surface area is 80.9 Å². The van der Waals surface area contributed by atoms with Gasteiger partial charge in [-0.1, -0.05) is 0 Å². The van der Waals surface area contributed by atoms with E-state index in [1.54, 1.807) is 6.92 Å². The Morgan fingerprint density at radius 1 is 1.64 bits per heavy atom.